The fourth-order valence-corrected chi connectivity index (χ4v) is 2.92. The summed E-state index contributed by atoms with van der Waals surface area (Å²) in [5.74, 6) is -0.401. The fraction of sp³-hybridized carbons (Fsp3) is 0.182. The molecule has 19 heavy (non-hydrogen) atoms. The number of nitrogens with two attached hydrogens (primary N) is 2. The van der Waals surface area contributed by atoms with E-state index in [9.17, 15) is 4.79 Å². The molecule has 1 aliphatic heterocycles. The summed E-state index contributed by atoms with van der Waals surface area (Å²) in [7, 11) is 0. The van der Waals surface area contributed by atoms with Gasteiger partial charge in [-0.2, -0.15) is 9.98 Å². The Morgan fingerprint density at radius 1 is 1.42 bits per heavy atom. The van der Waals surface area contributed by atoms with Crippen molar-refractivity contribution in [2.45, 2.75) is 11.7 Å². The van der Waals surface area contributed by atoms with Gasteiger partial charge in [-0.05, 0) is 30.2 Å². The number of amides is 1. The van der Waals surface area contributed by atoms with Crippen LogP contribution in [0.4, 0.5) is 0 Å². The Kier molecular flexibility index (Phi) is 4.34. The van der Waals surface area contributed by atoms with Crippen molar-refractivity contribution < 1.29 is 4.79 Å². The molecule has 1 amide bonds. The largest absolute Gasteiger partial charge is 0.370 e. The number of aliphatic imine (C=N–C) groups is 2. The molecule has 2 rings (SSSR count). The van der Waals surface area contributed by atoms with Gasteiger partial charge in [0.15, 0.2) is 11.1 Å². The van der Waals surface area contributed by atoms with Crippen molar-refractivity contribution in [2.75, 3.05) is 0 Å². The van der Waals surface area contributed by atoms with Crippen LogP contribution in [0.3, 0.4) is 0 Å². The van der Waals surface area contributed by atoms with Gasteiger partial charge in [-0.3, -0.25) is 4.79 Å². The normalized spacial score (nSPS) is 18.3. The average molecular weight is 317 g/mol. The van der Waals surface area contributed by atoms with E-state index in [1.807, 2.05) is 0 Å². The molecule has 1 atom stereocenters. The number of rotatable bonds is 2. The Morgan fingerprint density at radius 3 is 2.84 bits per heavy atom. The molecule has 0 radical (unpaired) electrons. The summed E-state index contributed by atoms with van der Waals surface area (Å²) in [4.78, 5) is 19.3. The summed E-state index contributed by atoms with van der Waals surface area (Å²) >= 11 is 13.2. The average Bonchev–Trinajstić information content (AvgIpc) is 2.63. The minimum atomic E-state index is -0.380. The van der Waals surface area contributed by atoms with E-state index in [0.29, 0.717) is 16.5 Å². The topological polar surface area (TPSA) is 93.8 Å². The molecule has 1 aromatic rings. The summed E-state index contributed by atoms with van der Waals surface area (Å²) in [6.07, 6.45) is 0.426. The van der Waals surface area contributed by atoms with Crippen molar-refractivity contribution in [3.63, 3.8) is 0 Å². The van der Waals surface area contributed by atoms with Gasteiger partial charge < -0.3 is 11.5 Å². The van der Waals surface area contributed by atoms with Crippen molar-refractivity contribution in [3.8, 4) is 0 Å². The van der Waals surface area contributed by atoms with Crippen LogP contribution >= 0.6 is 35.0 Å². The van der Waals surface area contributed by atoms with E-state index in [1.54, 1.807) is 18.2 Å². The monoisotopic (exact) mass is 316 g/mol. The zero-order valence-corrected chi connectivity index (χ0v) is 12.0. The van der Waals surface area contributed by atoms with Gasteiger partial charge in [0.1, 0.15) is 0 Å². The first-order valence-corrected chi connectivity index (χ1v) is 6.92. The zero-order valence-electron chi connectivity index (χ0n) is 9.64. The van der Waals surface area contributed by atoms with Crippen molar-refractivity contribution >= 4 is 52.0 Å². The number of thioether (sulfide) groups is 1. The first-order chi connectivity index (χ1) is 8.95. The number of amidine groups is 1. The zero-order chi connectivity index (χ0) is 14.0. The third kappa shape index (κ3) is 3.62. The summed E-state index contributed by atoms with van der Waals surface area (Å²) < 4.78 is 0. The highest BCUT2D eigenvalue weighted by Gasteiger charge is 2.29. The molecule has 4 N–H and O–H groups in total. The maximum absolute atomic E-state index is 11.7. The van der Waals surface area contributed by atoms with Gasteiger partial charge in [0, 0.05) is 10.0 Å². The van der Waals surface area contributed by atoms with E-state index in [1.165, 1.54) is 11.8 Å². The Bertz CT molecular complexity index is 584. The van der Waals surface area contributed by atoms with Crippen molar-refractivity contribution in [1.29, 1.82) is 0 Å². The number of carbonyl (C=O) groups is 1. The molecule has 0 saturated carbocycles. The predicted octanol–water partition coefficient (Wildman–Crippen LogP) is 1.81. The molecule has 1 aromatic carbocycles. The van der Waals surface area contributed by atoms with Gasteiger partial charge in [0.25, 0.3) is 5.91 Å². The summed E-state index contributed by atoms with van der Waals surface area (Å²) in [5, 5.41) is 1.02. The van der Waals surface area contributed by atoms with E-state index < -0.39 is 0 Å². The Balaban J connectivity index is 2.12. The van der Waals surface area contributed by atoms with Gasteiger partial charge in [-0.25, -0.2) is 0 Å². The van der Waals surface area contributed by atoms with Crippen molar-refractivity contribution in [1.82, 2.24) is 0 Å². The van der Waals surface area contributed by atoms with Crippen LogP contribution in [0.15, 0.2) is 28.2 Å². The molecule has 100 valence electrons. The van der Waals surface area contributed by atoms with E-state index in [2.05, 4.69) is 9.98 Å². The number of carbonyl (C=O) groups excluding carboxylic acids is 1. The second-order valence-corrected chi connectivity index (χ2v) is 5.83. The Hall–Kier alpha value is -1.24. The quantitative estimate of drug-likeness (QED) is 0.642. The van der Waals surface area contributed by atoms with Crippen molar-refractivity contribution in [3.05, 3.63) is 33.8 Å². The number of halogens is 2. The first-order valence-electron chi connectivity index (χ1n) is 5.28. The highest BCUT2D eigenvalue weighted by molar-refractivity contribution is 8.15. The van der Waals surface area contributed by atoms with E-state index in [-0.39, 0.29) is 22.3 Å². The molecule has 1 heterocycles. The van der Waals surface area contributed by atoms with Crippen LogP contribution in [0, 0.1) is 0 Å². The van der Waals surface area contributed by atoms with E-state index >= 15 is 0 Å². The smallest absolute Gasteiger partial charge is 0.262 e. The van der Waals surface area contributed by atoms with Crippen LogP contribution < -0.4 is 11.5 Å². The maximum Gasteiger partial charge on any atom is 0.262 e. The highest BCUT2D eigenvalue weighted by Crippen LogP contribution is 2.30. The third-order valence-electron chi connectivity index (χ3n) is 2.37. The van der Waals surface area contributed by atoms with Crippen molar-refractivity contribution in [2.24, 2.45) is 21.5 Å². The molecule has 0 spiro atoms. The minimum Gasteiger partial charge on any atom is -0.370 e. The standard InChI is InChI=1S/C11H10Cl2N4OS/c12-6-1-2-7(13)5(3-6)4-8-9(18)16-11(19-8)17-10(14)15/h1-3,8H,4H2,(H4,14,15,16,17,18). The van der Waals surface area contributed by atoms with Gasteiger partial charge in [0.2, 0.25) is 0 Å². The molecule has 1 aliphatic rings. The Morgan fingerprint density at radius 2 is 2.16 bits per heavy atom. The van der Waals surface area contributed by atoms with Crippen LogP contribution in [0.25, 0.3) is 0 Å². The maximum atomic E-state index is 11.7. The molecular formula is C11H10Cl2N4OS. The summed E-state index contributed by atoms with van der Waals surface area (Å²) in [6.45, 7) is 0. The SMILES string of the molecule is NC(N)=NC1=NC(=O)C(Cc2cc(Cl)ccc2Cl)S1. The number of nitrogens with zero attached hydrogens (tertiary/aromatic N) is 2. The molecule has 8 heteroatoms. The van der Waals surface area contributed by atoms with Crippen LogP contribution in [0.2, 0.25) is 10.0 Å². The van der Waals surface area contributed by atoms with Crippen LogP contribution in [0.5, 0.6) is 0 Å². The lowest BCUT2D eigenvalue weighted by molar-refractivity contribution is -0.117. The molecule has 0 aliphatic carbocycles. The highest BCUT2D eigenvalue weighted by atomic mass is 35.5. The molecule has 0 fully saturated rings. The summed E-state index contributed by atoms with van der Waals surface area (Å²) in [6, 6.07) is 5.12. The number of hydrogen-bond acceptors (Lipinski definition) is 3. The molecular weight excluding hydrogens is 307 g/mol. The lowest BCUT2D eigenvalue weighted by atomic mass is 10.1. The lowest BCUT2D eigenvalue weighted by Gasteiger charge is -2.08. The van der Waals surface area contributed by atoms with E-state index in [0.717, 1.165) is 5.56 Å². The summed E-state index contributed by atoms with van der Waals surface area (Å²) in [5.41, 5.74) is 11.3. The van der Waals surface area contributed by atoms with Gasteiger partial charge in [0.05, 0.1) is 5.25 Å². The first kappa shape index (κ1) is 14.2. The van der Waals surface area contributed by atoms with Gasteiger partial charge in [-0.1, -0.05) is 35.0 Å². The van der Waals surface area contributed by atoms with Gasteiger partial charge >= 0.3 is 0 Å². The van der Waals surface area contributed by atoms with Crippen LogP contribution in [-0.4, -0.2) is 22.3 Å². The number of benzene rings is 1. The minimum absolute atomic E-state index is 0.125. The second-order valence-electron chi connectivity index (χ2n) is 3.82. The Labute approximate surface area is 124 Å². The number of guanidine groups is 1. The van der Waals surface area contributed by atoms with Gasteiger partial charge in [-0.15, -0.1) is 0 Å². The molecule has 1 unspecified atom stereocenters. The van der Waals surface area contributed by atoms with Crippen LogP contribution in [-0.2, 0) is 11.2 Å². The molecule has 0 saturated heterocycles. The number of hydrogen-bond donors (Lipinski definition) is 2. The molecule has 5 nitrogen and oxygen atoms in total. The fourth-order valence-electron chi connectivity index (χ4n) is 1.56. The second kappa shape index (κ2) is 5.81. The lowest BCUT2D eigenvalue weighted by Crippen LogP contribution is -2.23. The van der Waals surface area contributed by atoms with E-state index in [4.69, 9.17) is 34.7 Å². The third-order valence-corrected chi connectivity index (χ3v) is 4.02. The van der Waals surface area contributed by atoms with Crippen LogP contribution in [0.1, 0.15) is 5.56 Å². The molecule has 0 bridgehead atoms. The molecule has 0 aromatic heterocycles. The predicted molar refractivity (Wildman–Crippen MR) is 79.8 cm³/mol.